The van der Waals surface area contributed by atoms with Crippen LogP contribution in [0.5, 0.6) is 0 Å². The van der Waals surface area contributed by atoms with Crippen molar-refractivity contribution in [2.75, 3.05) is 6.54 Å². The Bertz CT molecular complexity index is 440. The highest BCUT2D eigenvalue weighted by molar-refractivity contribution is 7.11. The summed E-state index contributed by atoms with van der Waals surface area (Å²) >= 11 is 1.53. The van der Waals surface area contributed by atoms with Crippen LogP contribution in [0.15, 0.2) is 17.0 Å². The van der Waals surface area contributed by atoms with Crippen molar-refractivity contribution >= 4 is 23.3 Å². The fourth-order valence-electron chi connectivity index (χ4n) is 1.15. The summed E-state index contributed by atoms with van der Waals surface area (Å²) in [5.74, 6) is -0.294. The number of aryl methyl sites for hydroxylation is 1. The maximum absolute atomic E-state index is 11.6. The molecule has 4 heteroatoms. The number of carbonyl (C=O) groups excluding carboxylic acids is 1. The molecule has 84 valence electrons. The molecule has 1 amide bonds. The van der Waals surface area contributed by atoms with E-state index >= 15 is 0 Å². The normalized spacial score (nSPS) is 10.9. The van der Waals surface area contributed by atoms with Gasteiger partial charge in [-0.25, -0.2) is 0 Å². The van der Waals surface area contributed by atoms with Crippen molar-refractivity contribution in [3.63, 3.8) is 0 Å². The second-order valence-electron chi connectivity index (χ2n) is 3.39. The summed E-state index contributed by atoms with van der Waals surface area (Å²) in [6.45, 7) is 4.53. The minimum atomic E-state index is -0.294. The van der Waals surface area contributed by atoms with Crippen LogP contribution in [0, 0.1) is 18.3 Å². The highest BCUT2D eigenvalue weighted by atomic mass is 32.1. The summed E-state index contributed by atoms with van der Waals surface area (Å²) in [7, 11) is 0. The van der Waals surface area contributed by atoms with Gasteiger partial charge >= 0.3 is 0 Å². The molecule has 0 bridgehead atoms. The van der Waals surface area contributed by atoms with Crippen LogP contribution < -0.4 is 5.32 Å². The van der Waals surface area contributed by atoms with Crippen LogP contribution in [0.25, 0.3) is 6.08 Å². The van der Waals surface area contributed by atoms with Gasteiger partial charge in [0, 0.05) is 11.4 Å². The molecule has 0 spiro atoms. The molecular weight excluding hydrogens is 220 g/mol. The molecule has 1 aromatic heterocycles. The molecule has 0 aromatic carbocycles. The van der Waals surface area contributed by atoms with E-state index in [0.717, 1.165) is 16.9 Å². The second-order valence-corrected chi connectivity index (χ2v) is 4.34. The Kier molecular flexibility index (Phi) is 4.74. The highest BCUT2D eigenvalue weighted by Gasteiger charge is 2.08. The minimum Gasteiger partial charge on any atom is -0.351 e. The van der Waals surface area contributed by atoms with Crippen LogP contribution in [0.2, 0.25) is 0 Å². The van der Waals surface area contributed by atoms with E-state index in [9.17, 15) is 4.79 Å². The van der Waals surface area contributed by atoms with Crippen molar-refractivity contribution in [1.82, 2.24) is 5.32 Å². The lowest BCUT2D eigenvalue weighted by atomic mass is 10.2. The predicted molar refractivity (Wildman–Crippen MR) is 65.9 cm³/mol. The summed E-state index contributed by atoms with van der Waals surface area (Å²) in [6, 6.07) is 3.90. The first-order chi connectivity index (χ1) is 7.69. The number of nitriles is 1. The average Bonchev–Trinajstić information content (AvgIpc) is 2.68. The van der Waals surface area contributed by atoms with Crippen LogP contribution >= 0.6 is 11.3 Å². The van der Waals surface area contributed by atoms with Crippen molar-refractivity contribution in [2.24, 2.45) is 0 Å². The van der Waals surface area contributed by atoms with Gasteiger partial charge in [-0.1, -0.05) is 6.92 Å². The van der Waals surface area contributed by atoms with Gasteiger partial charge in [0.1, 0.15) is 11.6 Å². The van der Waals surface area contributed by atoms with Crippen LogP contribution in [-0.2, 0) is 4.79 Å². The lowest BCUT2D eigenvalue weighted by molar-refractivity contribution is -0.117. The molecule has 1 N–H and O–H groups in total. The van der Waals surface area contributed by atoms with Crippen LogP contribution in [-0.4, -0.2) is 12.5 Å². The van der Waals surface area contributed by atoms with Gasteiger partial charge in [-0.15, -0.1) is 11.3 Å². The molecule has 0 atom stereocenters. The van der Waals surface area contributed by atoms with E-state index in [2.05, 4.69) is 5.32 Å². The fraction of sp³-hybridized carbons (Fsp3) is 0.333. The molecule has 0 radical (unpaired) electrons. The Hall–Kier alpha value is -1.60. The summed E-state index contributed by atoms with van der Waals surface area (Å²) in [6.07, 6.45) is 2.51. The zero-order valence-electron chi connectivity index (χ0n) is 9.41. The Morgan fingerprint density at radius 2 is 2.44 bits per heavy atom. The van der Waals surface area contributed by atoms with E-state index in [0.29, 0.717) is 6.54 Å². The maximum atomic E-state index is 11.6. The first-order valence-electron chi connectivity index (χ1n) is 5.13. The van der Waals surface area contributed by atoms with E-state index < -0.39 is 0 Å². The summed E-state index contributed by atoms with van der Waals surface area (Å²) in [5.41, 5.74) is 1.25. The van der Waals surface area contributed by atoms with Crippen molar-refractivity contribution in [3.8, 4) is 6.07 Å². The van der Waals surface area contributed by atoms with Gasteiger partial charge in [0.05, 0.1) is 0 Å². The Morgan fingerprint density at radius 3 is 2.94 bits per heavy atom. The Morgan fingerprint density at radius 1 is 1.69 bits per heavy atom. The summed E-state index contributed by atoms with van der Waals surface area (Å²) < 4.78 is 0. The predicted octanol–water partition coefficient (Wildman–Crippen LogP) is 2.49. The molecule has 0 saturated heterocycles. The number of hydrogen-bond acceptors (Lipinski definition) is 3. The number of hydrogen-bond donors (Lipinski definition) is 1. The van der Waals surface area contributed by atoms with E-state index in [1.54, 1.807) is 6.08 Å². The molecule has 3 nitrogen and oxygen atoms in total. The second kappa shape index (κ2) is 6.09. The molecule has 0 aliphatic carbocycles. The molecule has 0 aliphatic rings. The molecule has 1 rings (SSSR count). The smallest absolute Gasteiger partial charge is 0.261 e. The van der Waals surface area contributed by atoms with Crippen molar-refractivity contribution in [2.45, 2.75) is 20.3 Å². The minimum absolute atomic E-state index is 0.166. The first kappa shape index (κ1) is 12.5. The van der Waals surface area contributed by atoms with Crippen LogP contribution in [0.3, 0.4) is 0 Å². The topological polar surface area (TPSA) is 52.9 Å². The maximum Gasteiger partial charge on any atom is 0.261 e. The van der Waals surface area contributed by atoms with Gasteiger partial charge in [0.25, 0.3) is 5.91 Å². The lowest BCUT2D eigenvalue weighted by Gasteiger charge is -2.01. The highest BCUT2D eigenvalue weighted by Crippen LogP contribution is 2.18. The zero-order valence-corrected chi connectivity index (χ0v) is 10.2. The van der Waals surface area contributed by atoms with E-state index in [4.69, 9.17) is 5.26 Å². The van der Waals surface area contributed by atoms with E-state index in [1.165, 1.54) is 11.3 Å². The summed E-state index contributed by atoms with van der Waals surface area (Å²) in [4.78, 5) is 12.5. The average molecular weight is 234 g/mol. The molecular formula is C12H14N2OS. The van der Waals surface area contributed by atoms with Gasteiger partial charge < -0.3 is 5.32 Å². The Balaban J connectivity index is 2.83. The molecule has 16 heavy (non-hydrogen) atoms. The van der Waals surface area contributed by atoms with Crippen molar-refractivity contribution in [3.05, 3.63) is 27.5 Å². The van der Waals surface area contributed by atoms with Gasteiger partial charge in [0.15, 0.2) is 0 Å². The van der Waals surface area contributed by atoms with Gasteiger partial charge in [-0.05, 0) is 36.4 Å². The SMILES string of the molecule is CCCNC(=O)/C(C#N)=C\c1sccc1C. The van der Waals surface area contributed by atoms with Crippen LogP contribution in [0.1, 0.15) is 23.8 Å². The zero-order chi connectivity index (χ0) is 12.0. The van der Waals surface area contributed by atoms with Crippen molar-refractivity contribution in [1.29, 1.82) is 5.26 Å². The van der Waals surface area contributed by atoms with Crippen molar-refractivity contribution < 1.29 is 4.79 Å². The molecule has 0 unspecified atom stereocenters. The molecule has 1 aromatic rings. The van der Waals surface area contributed by atoms with E-state index in [-0.39, 0.29) is 11.5 Å². The standard InChI is InChI=1S/C12H14N2OS/c1-3-5-14-12(15)10(8-13)7-11-9(2)4-6-16-11/h4,6-7H,3,5H2,1-2H3,(H,14,15)/b10-7-. The number of carbonyl (C=O) groups is 1. The Labute approximate surface area is 99.4 Å². The number of nitrogens with zero attached hydrogens (tertiary/aromatic N) is 1. The fourth-order valence-corrected chi connectivity index (χ4v) is 2.00. The third-order valence-corrected chi connectivity index (χ3v) is 3.04. The van der Waals surface area contributed by atoms with Gasteiger partial charge in [-0.2, -0.15) is 5.26 Å². The first-order valence-corrected chi connectivity index (χ1v) is 6.01. The molecule has 1 heterocycles. The third-order valence-electron chi connectivity index (χ3n) is 2.08. The lowest BCUT2D eigenvalue weighted by Crippen LogP contribution is -2.25. The number of rotatable bonds is 4. The third kappa shape index (κ3) is 3.21. The number of thiophene rings is 1. The largest absolute Gasteiger partial charge is 0.351 e. The molecule has 0 saturated carbocycles. The summed E-state index contributed by atoms with van der Waals surface area (Å²) in [5, 5.41) is 13.5. The van der Waals surface area contributed by atoms with Gasteiger partial charge in [0.2, 0.25) is 0 Å². The molecule has 0 fully saturated rings. The number of nitrogens with one attached hydrogen (secondary N) is 1. The number of amides is 1. The monoisotopic (exact) mass is 234 g/mol. The quantitative estimate of drug-likeness (QED) is 0.642. The molecule has 0 aliphatic heterocycles. The van der Waals surface area contributed by atoms with Gasteiger partial charge in [-0.3, -0.25) is 4.79 Å². The van der Waals surface area contributed by atoms with E-state index in [1.807, 2.05) is 31.4 Å². The van der Waals surface area contributed by atoms with Crippen LogP contribution in [0.4, 0.5) is 0 Å².